The highest BCUT2D eigenvalue weighted by atomic mass is 16.5. The first-order valence-electron chi connectivity index (χ1n) is 12.0. The van der Waals surface area contributed by atoms with Gasteiger partial charge in [0, 0.05) is 51.8 Å². The Kier molecular flexibility index (Phi) is 8.65. The number of aliphatic hydroxyl groups is 1. The van der Waals surface area contributed by atoms with Gasteiger partial charge in [-0.3, -0.25) is 0 Å². The maximum atomic E-state index is 13.6. The summed E-state index contributed by atoms with van der Waals surface area (Å²) in [6.07, 6.45) is -0.569. The van der Waals surface area contributed by atoms with Gasteiger partial charge in [-0.1, -0.05) is 58.8 Å². The van der Waals surface area contributed by atoms with Gasteiger partial charge in [-0.25, -0.2) is 9.79 Å². The lowest BCUT2D eigenvalue weighted by Crippen LogP contribution is -2.44. The van der Waals surface area contributed by atoms with E-state index in [0.29, 0.717) is 41.2 Å². The number of aliphatic imine (C=N–C) groups is 1. The van der Waals surface area contributed by atoms with E-state index in [-0.39, 0.29) is 24.6 Å². The third-order valence-corrected chi connectivity index (χ3v) is 6.15. The molecule has 0 amide bonds. The van der Waals surface area contributed by atoms with E-state index in [9.17, 15) is 4.79 Å². The number of ether oxygens (including phenoxy) is 3. The van der Waals surface area contributed by atoms with E-state index in [4.69, 9.17) is 35.4 Å². The maximum absolute atomic E-state index is 13.6. The second-order valence-corrected chi connectivity index (χ2v) is 8.52. The molecule has 1 N–H and O–H groups in total. The molecule has 0 radical (unpaired) electrons. The highest BCUT2D eigenvalue weighted by Gasteiger charge is 2.55. The van der Waals surface area contributed by atoms with Gasteiger partial charge in [-0.05, 0) is 40.9 Å². The lowest BCUT2D eigenvalue weighted by Gasteiger charge is -2.30. The van der Waals surface area contributed by atoms with Gasteiger partial charge in [0.05, 0.1) is 13.7 Å². The zero-order valence-corrected chi connectivity index (χ0v) is 21.0. The SMILES string of the molecule is COC(=O)[C@@]1(Cc2ccccc2N=[N+]=[N-])N=C(c2ccc(OCCCO)cc2)O[C@H]1c1ccccc1N=[N+]=[N-]. The summed E-state index contributed by atoms with van der Waals surface area (Å²) >= 11 is 0. The number of esters is 1. The zero-order chi connectivity index (χ0) is 27.7. The van der Waals surface area contributed by atoms with Crippen LogP contribution in [0.5, 0.6) is 5.75 Å². The summed E-state index contributed by atoms with van der Waals surface area (Å²) in [5, 5.41) is 16.5. The Balaban J connectivity index is 1.85. The van der Waals surface area contributed by atoms with E-state index < -0.39 is 17.6 Å². The van der Waals surface area contributed by atoms with Crippen LogP contribution in [0.4, 0.5) is 11.4 Å². The standard InChI is InChI=1S/C27H25N7O5/c1-37-26(36)27(17-19-7-2-4-9-22(19)31-33-28)24(21-8-3-5-10-23(21)32-34-29)39-25(30-27)18-11-13-20(14-12-18)38-16-6-15-35/h2-5,7-14,24,35H,6,15-17H2,1H3/t24-,27-/m0/s1. The van der Waals surface area contributed by atoms with Gasteiger partial charge in [-0.15, -0.1) is 0 Å². The first-order chi connectivity index (χ1) is 19.1. The van der Waals surface area contributed by atoms with Crippen molar-refractivity contribution in [3.05, 3.63) is 110 Å². The van der Waals surface area contributed by atoms with Crippen molar-refractivity contribution in [1.29, 1.82) is 0 Å². The molecule has 0 unspecified atom stereocenters. The Morgan fingerprint density at radius 1 is 1.03 bits per heavy atom. The number of carbonyl (C=O) groups is 1. The fraction of sp³-hybridized carbons (Fsp3) is 0.259. The number of nitrogens with zero attached hydrogens (tertiary/aromatic N) is 7. The molecule has 198 valence electrons. The number of benzene rings is 3. The average Bonchev–Trinajstić information content (AvgIpc) is 3.35. The van der Waals surface area contributed by atoms with Gasteiger partial charge in [-0.2, -0.15) is 0 Å². The highest BCUT2D eigenvalue weighted by molar-refractivity contribution is 6.00. The van der Waals surface area contributed by atoms with Crippen molar-refractivity contribution in [3.63, 3.8) is 0 Å². The van der Waals surface area contributed by atoms with Gasteiger partial charge in [0.15, 0.2) is 6.10 Å². The van der Waals surface area contributed by atoms with Crippen molar-refractivity contribution in [2.45, 2.75) is 24.5 Å². The van der Waals surface area contributed by atoms with E-state index in [2.05, 4.69) is 20.1 Å². The Morgan fingerprint density at radius 3 is 2.38 bits per heavy atom. The van der Waals surface area contributed by atoms with Crippen molar-refractivity contribution in [3.8, 4) is 5.75 Å². The fourth-order valence-electron chi connectivity index (χ4n) is 4.36. The molecule has 0 saturated carbocycles. The number of hydrogen-bond donors (Lipinski definition) is 1. The molecule has 0 saturated heterocycles. The van der Waals surface area contributed by atoms with Crippen LogP contribution < -0.4 is 4.74 Å². The third-order valence-electron chi connectivity index (χ3n) is 6.15. The fourth-order valence-corrected chi connectivity index (χ4v) is 4.36. The van der Waals surface area contributed by atoms with Crippen LogP contribution >= 0.6 is 0 Å². The molecule has 39 heavy (non-hydrogen) atoms. The number of carbonyl (C=O) groups excluding carboxylic acids is 1. The molecule has 12 nitrogen and oxygen atoms in total. The van der Waals surface area contributed by atoms with Gasteiger partial charge in [0.2, 0.25) is 11.4 Å². The highest BCUT2D eigenvalue weighted by Crippen LogP contribution is 2.46. The summed E-state index contributed by atoms with van der Waals surface area (Å²) in [6, 6.07) is 20.6. The lowest BCUT2D eigenvalue weighted by atomic mass is 9.82. The molecule has 1 heterocycles. The lowest BCUT2D eigenvalue weighted by molar-refractivity contribution is -0.149. The van der Waals surface area contributed by atoms with E-state index in [1.807, 2.05) is 0 Å². The molecule has 12 heteroatoms. The minimum atomic E-state index is -1.65. The molecule has 3 aromatic rings. The minimum absolute atomic E-state index is 0.0276. The van der Waals surface area contributed by atoms with Crippen molar-refractivity contribution in [2.75, 3.05) is 20.3 Å². The van der Waals surface area contributed by atoms with E-state index in [1.165, 1.54) is 7.11 Å². The average molecular weight is 528 g/mol. The van der Waals surface area contributed by atoms with Crippen molar-refractivity contribution in [1.82, 2.24) is 0 Å². The first kappa shape index (κ1) is 27.0. The van der Waals surface area contributed by atoms with Gasteiger partial charge < -0.3 is 19.3 Å². The molecule has 0 bridgehead atoms. The predicted octanol–water partition coefficient (Wildman–Crippen LogP) is 6.00. The molecule has 4 rings (SSSR count). The quantitative estimate of drug-likeness (QED) is 0.105. The summed E-state index contributed by atoms with van der Waals surface area (Å²) in [6.45, 7) is 0.390. The Morgan fingerprint density at radius 2 is 1.69 bits per heavy atom. The van der Waals surface area contributed by atoms with Crippen molar-refractivity contribution >= 4 is 23.2 Å². The summed E-state index contributed by atoms with van der Waals surface area (Å²) in [4.78, 5) is 24.2. The monoisotopic (exact) mass is 527 g/mol. The largest absolute Gasteiger partial charge is 0.494 e. The number of rotatable bonds is 11. The normalized spacial score (nSPS) is 17.7. The summed E-state index contributed by atoms with van der Waals surface area (Å²) in [7, 11) is 1.26. The Bertz CT molecular complexity index is 1460. The van der Waals surface area contributed by atoms with Crippen LogP contribution in [0.1, 0.15) is 29.2 Å². The number of hydrogen-bond acceptors (Lipinski definition) is 8. The smallest absolute Gasteiger partial charge is 0.338 e. The third kappa shape index (κ3) is 5.78. The maximum Gasteiger partial charge on any atom is 0.338 e. The van der Waals surface area contributed by atoms with Crippen LogP contribution in [0.3, 0.4) is 0 Å². The minimum Gasteiger partial charge on any atom is -0.494 e. The summed E-state index contributed by atoms with van der Waals surface area (Å²) in [5.74, 6) is 0.0841. The molecule has 3 aromatic carbocycles. The molecule has 0 aliphatic carbocycles. The van der Waals surface area contributed by atoms with Crippen molar-refractivity contribution < 1.29 is 24.1 Å². The van der Waals surface area contributed by atoms with E-state index >= 15 is 0 Å². The van der Waals surface area contributed by atoms with Gasteiger partial charge in [0.25, 0.3) is 0 Å². The molecule has 1 aliphatic heterocycles. The number of azide groups is 2. The van der Waals surface area contributed by atoms with Crippen LogP contribution in [0.15, 0.2) is 88.0 Å². The molecule has 2 atom stereocenters. The molecule has 1 aliphatic rings. The van der Waals surface area contributed by atoms with Crippen molar-refractivity contribution in [2.24, 2.45) is 15.2 Å². The summed E-state index contributed by atoms with van der Waals surface area (Å²) in [5.41, 5.74) is 18.7. The number of aliphatic hydroxyl groups excluding tert-OH is 1. The van der Waals surface area contributed by atoms with E-state index in [1.54, 1.807) is 72.8 Å². The Labute approximate surface area is 223 Å². The van der Waals surface area contributed by atoms with Crippen LogP contribution in [0, 0.1) is 0 Å². The van der Waals surface area contributed by atoms with Gasteiger partial charge >= 0.3 is 5.97 Å². The Hall–Kier alpha value is -5.02. The molecular formula is C27H25N7O5. The van der Waals surface area contributed by atoms with Gasteiger partial charge in [0.1, 0.15) is 5.75 Å². The van der Waals surface area contributed by atoms with Crippen LogP contribution in [0.25, 0.3) is 20.9 Å². The zero-order valence-electron chi connectivity index (χ0n) is 21.0. The number of methoxy groups -OCH3 is 1. The topological polar surface area (TPSA) is 175 Å². The van der Waals surface area contributed by atoms with Crippen LogP contribution in [0.2, 0.25) is 0 Å². The van der Waals surface area contributed by atoms with Crippen LogP contribution in [-0.2, 0) is 20.7 Å². The molecular weight excluding hydrogens is 502 g/mol. The first-order valence-corrected chi connectivity index (χ1v) is 12.0. The molecule has 0 fully saturated rings. The summed E-state index contributed by atoms with van der Waals surface area (Å²) < 4.78 is 17.2. The molecule has 0 spiro atoms. The molecule has 0 aromatic heterocycles. The van der Waals surface area contributed by atoms with Crippen LogP contribution in [-0.4, -0.2) is 42.8 Å². The van der Waals surface area contributed by atoms with E-state index in [0.717, 1.165) is 0 Å². The predicted molar refractivity (Wildman–Crippen MR) is 143 cm³/mol. The second kappa shape index (κ2) is 12.5. The second-order valence-electron chi connectivity index (χ2n) is 8.52.